The van der Waals surface area contributed by atoms with E-state index in [-0.39, 0.29) is 5.92 Å². The third-order valence-corrected chi connectivity index (χ3v) is 7.82. The maximum atomic E-state index is 13.5. The minimum absolute atomic E-state index is 0. The Morgan fingerprint density at radius 1 is 1.11 bits per heavy atom. The fraction of sp³-hybridized carbons (Fsp3) is 0.810. The summed E-state index contributed by atoms with van der Waals surface area (Å²) in [4.78, 5) is 40.4. The van der Waals surface area contributed by atoms with Gasteiger partial charge in [0.2, 0.25) is 5.91 Å². The number of hydrogen-bond donors (Lipinski definition) is 0. The maximum Gasteiger partial charge on any atom is 0.309 e. The zero-order chi connectivity index (χ0) is 25.2. The van der Waals surface area contributed by atoms with E-state index >= 15 is 0 Å². The number of fused-ring (bicyclic) bond motifs is 1. The standard InChI is InChI=1S/C21H28F2NO9S.Rf/c1-20(2,3)24-13-14-11(17(24)25)12(19(27)31-9-21(22,23)34(28,29)30)15(32-14)16(13)33-18(26)10-7-5-4-6-8-10;/h9-16H,4-8H2,1-3H3,(H,28,29,30);/q-1;/p-1. The molecule has 6 unspecified atom stereocenters. The number of rotatable bonds is 6. The molecule has 0 aromatic carbocycles. The molecule has 0 radical (unpaired) electrons. The van der Waals surface area contributed by atoms with Gasteiger partial charge in [0.05, 0.1) is 29.9 Å². The number of likely N-dealkylation sites (tertiary alicyclic amines) is 1. The summed E-state index contributed by atoms with van der Waals surface area (Å²) in [5, 5.41) is -4.95. The Kier molecular flexibility index (Phi) is 6.62. The molecule has 3 saturated heterocycles. The molecule has 1 amide bonds. The van der Waals surface area contributed by atoms with E-state index in [9.17, 15) is 36.1 Å². The average Bonchev–Trinajstić information content (AvgIpc) is 3.34. The van der Waals surface area contributed by atoms with Crippen LogP contribution in [0.15, 0.2) is 0 Å². The van der Waals surface area contributed by atoms with Crippen LogP contribution < -0.4 is 0 Å². The molecule has 0 aromatic heterocycles. The van der Waals surface area contributed by atoms with E-state index in [1.165, 1.54) is 4.90 Å². The summed E-state index contributed by atoms with van der Waals surface area (Å²) in [7, 11) is -6.11. The fourth-order valence-corrected chi connectivity index (χ4v) is 5.81. The zero-order valence-electron chi connectivity index (χ0n) is 19.6. The summed E-state index contributed by atoms with van der Waals surface area (Å²) in [6, 6.07) is -0.661. The second-order valence-electron chi connectivity index (χ2n) is 10.3. The summed E-state index contributed by atoms with van der Waals surface area (Å²) in [6.07, 6.45) is 1.11. The van der Waals surface area contributed by atoms with E-state index in [0.717, 1.165) is 19.3 Å². The Balaban J connectivity index is 0.00000342. The molecule has 194 valence electrons. The molecule has 4 fully saturated rings. The van der Waals surface area contributed by atoms with Crippen LogP contribution in [0.3, 0.4) is 0 Å². The Hall–Kier alpha value is -2.86. The van der Waals surface area contributed by atoms with Gasteiger partial charge in [-0.3, -0.25) is 14.4 Å². The van der Waals surface area contributed by atoms with E-state index in [1.54, 1.807) is 20.8 Å². The van der Waals surface area contributed by atoms with Gasteiger partial charge in [-0.15, -0.1) is 0 Å². The van der Waals surface area contributed by atoms with Gasteiger partial charge in [-0.05, 0) is 33.6 Å². The van der Waals surface area contributed by atoms with E-state index in [2.05, 4.69) is 4.74 Å². The van der Waals surface area contributed by atoms with Crippen molar-refractivity contribution in [2.24, 2.45) is 17.8 Å². The number of carbonyl (C=O) groups is 3. The summed E-state index contributed by atoms with van der Waals surface area (Å²) >= 11 is 0. The van der Waals surface area contributed by atoms with Crippen LogP contribution in [0.2, 0.25) is 0 Å². The van der Waals surface area contributed by atoms with Gasteiger partial charge in [-0.2, -0.15) is 0 Å². The predicted octanol–water partition coefficient (Wildman–Crippen LogP) is 1.34. The third kappa shape index (κ3) is 4.33. The van der Waals surface area contributed by atoms with Crippen molar-refractivity contribution >= 4 is 28.0 Å². The van der Waals surface area contributed by atoms with Crippen LogP contribution in [0.25, 0.3) is 0 Å². The summed E-state index contributed by atoms with van der Waals surface area (Å²) in [6.45, 7) is 4.66. The second-order valence-corrected chi connectivity index (χ2v) is 11.7. The molecular formula is C21H27F2NO9RfS-2. The summed E-state index contributed by atoms with van der Waals surface area (Å²) in [5.41, 5.74) is -0.725. The normalized spacial score (nSPS) is 33.0. The Morgan fingerprint density at radius 3 is 2.26 bits per heavy atom. The van der Waals surface area contributed by atoms with E-state index < -0.39 is 81.6 Å². The maximum absolute atomic E-state index is 13.5. The number of ether oxygens (including phenoxy) is 3. The van der Waals surface area contributed by atoms with Crippen LogP contribution in [0.5, 0.6) is 0 Å². The van der Waals surface area contributed by atoms with E-state index in [4.69, 9.17) is 9.47 Å². The van der Waals surface area contributed by atoms with Gasteiger partial charge >= 0.3 is 5.97 Å². The molecule has 6 atom stereocenters. The number of esters is 2. The SMILES string of the molecule is CC(C)(C)N1C(=O)C2C3OC(C(OC(=O)C4CCCCC4)C31)C2C(=O)O[CH-]C(F)(F)S(=O)(=O)[O-].[Rf]. The quantitative estimate of drug-likeness (QED) is 0.223. The number of hydrogen-bond acceptors (Lipinski definition) is 9. The molecule has 0 aromatic rings. The topological polar surface area (TPSA) is 139 Å². The predicted molar refractivity (Wildman–Crippen MR) is 108 cm³/mol. The van der Waals surface area contributed by atoms with Crippen LogP contribution in [-0.2, 0) is 38.7 Å². The Bertz CT molecular complexity index is 980. The van der Waals surface area contributed by atoms with Gasteiger partial charge in [0.15, 0.2) is 6.10 Å². The van der Waals surface area contributed by atoms with Crippen LogP contribution in [0.4, 0.5) is 8.78 Å². The van der Waals surface area contributed by atoms with Crippen molar-refractivity contribution < 1.29 is 50.3 Å². The Morgan fingerprint density at radius 2 is 1.71 bits per heavy atom. The Labute approximate surface area is 196 Å². The zero-order valence-corrected chi connectivity index (χ0v) is 26.9. The van der Waals surface area contributed by atoms with Crippen molar-refractivity contribution in [1.82, 2.24) is 4.90 Å². The van der Waals surface area contributed by atoms with Gasteiger partial charge < -0.3 is 23.7 Å². The average molecular weight is 775 g/mol. The fourth-order valence-electron chi connectivity index (χ4n) is 5.64. The molecular weight excluding hydrogens is 747 g/mol. The second kappa shape index (κ2) is 8.66. The molecule has 3 heterocycles. The minimum Gasteiger partial charge on any atom is -0.746 e. The molecule has 1 aliphatic carbocycles. The van der Waals surface area contributed by atoms with Gasteiger partial charge in [-0.1, -0.05) is 25.9 Å². The summed E-state index contributed by atoms with van der Waals surface area (Å²) in [5.74, 6) is -5.10. The number of nitrogens with zero attached hydrogens (tertiary/aromatic N) is 1. The minimum atomic E-state index is -6.11. The van der Waals surface area contributed by atoms with Crippen LogP contribution >= 0.6 is 0 Å². The first-order valence-corrected chi connectivity index (χ1v) is 12.6. The molecule has 2 bridgehead atoms. The molecule has 10 nitrogen and oxygen atoms in total. The van der Waals surface area contributed by atoms with Crippen molar-refractivity contribution in [3.63, 3.8) is 0 Å². The first-order chi connectivity index (χ1) is 15.6. The molecule has 3 aliphatic heterocycles. The first-order valence-electron chi connectivity index (χ1n) is 11.2. The smallest absolute Gasteiger partial charge is 0.309 e. The van der Waals surface area contributed by atoms with Gasteiger partial charge in [0.25, 0.3) is 11.2 Å². The monoisotopic (exact) mass is 774 g/mol. The third-order valence-electron chi connectivity index (χ3n) is 7.06. The van der Waals surface area contributed by atoms with Crippen LogP contribution in [0.1, 0.15) is 52.9 Å². The molecule has 0 N–H and O–H groups in total. The van der Waals surface area contributed by atoms with E-state index in [0.29, 0.717) is 12.8 Å². The molecule has 1 saturated carbocycles. The van der Waals surface area contributed by atoms with E-state index in [1.807, 2.05) is 0 Å². The number of alkyl halides is 2. The van der Waals surface area contributed by atoms with Crippen molar-refractivity contribution in [3.8, 4) is 0 Å². The molecule has 4 aliphatic rings. The van der Waals surface area contributed by atoms with Crippen LogP contribution in [0, 0.1) is 24.4 Å². The van der Waals surface area contributed by atoms with Gasteiger partial charge in [-0.25, -0.2) is 17.2 Å². The van der Waals surface area contributed by atoms with Gasteiger partial charge in [0.1, 0.15) is 16.2 Å². The van der Waals surface area contributed by atoms with Crippen molar-refractivity contribution in [1.29, 1.82) is 0 Å². The number of amides is 1. The number of carbonyl (C=O) groups excluding carboxylic acids is 3. The largest absolute Gasteiger partial charge is 0.746 e. The molecule has 0 spiro atoms. The van der Waals surface area contributed by atoms with Gasteiger partial charge in [0, 0.05) is 5.54 Å². The molecule has 35 heavy (non-hydrogen) atoms. The van der Waals surface area contributed by atoms with Crippen LogP contribution in [-0.4, -0.2) is 70.9 Å². The van der Waals surface area contributed by atoms with Crippen molar-refractivity contribution in [2.45, 2.75) is 88.0 Å². The summed E-state index contributed by atoms with van der Waals surface area (Å²) < 4.78 is 75.1. The molecule has 14 heteroatoms. The number of halogens is 2. The van der Waals surface area contributed by atoms with Crippen molar-refractivity contribution in [3.05, 3.63) is 6.61 Å². The van der Waals surface area contributed by atoms with Crippen molar-refractivity contribution in [2.75, 3.05) is 0 Å². The first kappa shape index (κ1) is 26.7. The molecule has 4 rings (SSSR count).